The van der Waals surface area contributed by atoms with Gasteiger partial charge >= 0.3 is 0 Å². The van der Waals surface area contributed by atoms with Crippen molar-refractivity contribution in [2.75, 3.05) is 11.9 Å². The first-order valence-corrected chi connectivity index (χ1v) is 5.05. The van der Waals surface area contributed by atoms with E-state index in [-0.39, 0.29) is 5.82 Å². The molecule has 16 heavy (non-hydrogen) atoms. The highest BCUT2D eigenvalue weighted by Crippen LogP contribution is 2.08. The van der Waals surface area contributed by atoms with Crippen molar-refractivity contribution in [1.29, 1.82) is 0 Å². The second-order valence-electron chi connectivity index (χ2n) is 3.32. The molecule has 0 saturated carbocycles. The maximum absolute atomic E-state index is 12.8. The zero-order chi connectivity index (χ0) is 11.2. The van der Waals surface area contributed by atoms with Gasteiger partial charge in [0.25, 0.3) is 0 Å². The summed E-state index contributed by atoms with van der Waals surface area (Å²) in [4.78, 5) is 1.52. The first-order valence-electron chi connectivity index (χ1n) is 5.05. The molecule has 1 heterocycles. The van der Waals surface area contributed by atoms with Crippen LogP contribution in [0.25, 0.3) is 0 Å². The van der Waals surface area contributed by atoms with Crippen LogP contribution in [0.3, 0.4) is 0 Å². The van der Waals surface area contributed by atoms with E-state index in [2.05, 4.69) is 20.7 Å². The molecule has 0 radical (unpaired) electrons. The van der Waals surface area contributed by atoms with E-state index in [1.807, 2.05) is 6.07 Å². The number of aromatic nitrogens is 4. The number of hydrogen-bond acceptors (Lipinski definition) is 4. The normalized spacial score (nSPS) is 10.3. The molecule has 0 bridgehead atoms. The lowest BCUT2D eigenvalue weighted by Crippen LogP contribution is -2.09. The van der Waals surface area contributed by atoms with E-state index >= 15 is 0 Å². The Bertz CT molecular complexity index is 429. The van der Waals surface area contributed by atoms with E-state index in [9.17, 15) is 4.39 Å². The number of anilines is 1. The number of nitrogens with one attached hydrogen (secondary N) is 1. The quantitative estimate of drug-likeness (QED) is 0.773. The SMILES string of the molecule is Fc1cccc(NCCCn2ncnn2)c1. The van der Waals surface area contributed by atoms with Crippen LogP contribution < -0.4 is 5.32 Å². The molecule has 6 heteroatoms. The highest BCUT2D eigenvalue weighted by Gasteiger charge is 1.95. The summed E-state index contributed by atoms with van der Waals surface area (Å²) in [6.07, 6.45) is 2.26. The lowest BCUT2D eigenvalue weighted by molar-refractivity contribution is 0.508. The van der Waals surface area contributed by atoms with Gasteiger partial charge in [0.05, 0.1) is 6.54 Å². The fourth-order valence-corrected chi connectivity index (χ4v) is 1.34. The molecule has 0 fully saturated rings. The van der Waals surface area contributed by atoms with Crippen molar-refractivity contribution in [2.45, 2.75) is 13.0 Å². The molecule has 5 nitrogen and oxygen atoms in total. The van der Waals surface area contributed by atoms with E-state index < -0.39 is 0 Å². The zero-order valence-electron chi connectivity index (χ0n) is 8.67. The van der Waals surface area contributed by atoms with Crippen molar-refractivity contribution in [1.82, 2.24) is 20.2 Å². The van der Waals surface area contributed by atoms with Gasteiger partial charge in [-0.2, -0.15) is 4.80 Å². The van der Waals surface area contributed by atoms with Crippen LogP contribution in [0.2, 0.25) is 0 Å². The van der Waals surface area contributed by atoms with Gasteiger partial charge in [0, 0.05) is 12.2 Å². The van der Waals surface area contributed by atoms with Crippen molar-refractivity contribution < 1.29 is 4.39 Å². The predicted octanol–water partition coefficient (Wildman–Crippen LogP) is 1.31. The number of aryl methyl sites for hydroxylation is 1. The summed E-state index contributed by atoms with van der Waals surface area (Å²) in [7, 11) is 0. The number of nitrogens with zero attached hydrogens (tertiary/aromatic N) is 4. The summed E-state index contributed by atoms with van der Waals surface area (Å²) >= 11 is 0. The molecule has 2 rings (SSSR count). The van der Waals surface area contributed by atoms with Crippen LogP contribution in [0.4, 0.5) is 10.1 Å². The van der Waals surface area contributed by atoms with Gasteiger partial charge in [-0.25, -0.2) is 4.39 Å². The molecule has 0 saturated heterocycles. The third kappa shape index (κ3) is 3.01. The van der Waals surface area contributed by atoms with Crippen LogP contribution in [0.15, 0.2) is 30.6 Å². The summed E-state index contributed by atoms with van der Waals surface area (Å²) in [6.45, 7) is 1.44. The van der Waals surface area contributed by atoms with Gasteiger partial charge in [-0.15, -0.1) is 10.2 Å². The van der Waals surface area contributed by atoms with Crippen LogP contribution in [-0.2, 0) is 6.54 Å². The van der Waals surface area contributed by atoms with Crippen LogP contribution in [0.5, 0.6) is 0 Å². The smallest absolute Gasteiger partial charge is 0.162 e. The third-order valence-corrected chi connectivity index (χ3v) is 2.08. The van der Waals surface area contributed by atoms with Crippen molar-refractivity contribution in [2.24, 2.45) is 0 Å². The van der Waals surface area contributed by atoms with Crippen LogP contribution in [0.1, 0.15) is 6.42 Å². The average Bonchev–Trinajstić information content (AvgIpc) is 2.77. The number of hydrogen-bond donors (Lipinski definition) is 1. The maximum atomic E-state index is 12.8. The Kier molecular flexibility index (Phi) is 3.42. The molecule has 84 valence electrons. The van der Waals surface area contributed by atoms with E-state index in [0.717, 1.165) is 18.7 Å². The number of halogens is 1. The largest absolute Gasteiger partial charge is 0.385 e. The van der Waals surface area contributed by atoms with Crippen molar-refractivity contribution in [3.8, 4) is 0 Å². The topological polar surface area (TPSA) is 55.6 Å². The first-order chi connectivity index (χ1) is 7.84. The molecule has 0 aliphatic heterocycles. The highest BCUT2D eigenvalue weighted by molar-refractivity contribution is 5.42. The molecular weight excluding hydrogens is 209 g/mol. The molecule has 1 N–H and O–H groups in total. The Morgan fingerprint density at radius 2 is 2.31 bits per heavy atom. The van der Waals surface area contributed by atoms with Crippen molar-refractivity contribution in [3.05, 3.63) is 36.4 Å². The Morgan fingerprint density at radius 1 is 1.38 bits per heavy atom. The predicted molar refractivity (Wildman–Crippen MR) is 57.3 cm³/mol. The lowest BCUT2D eigenvalue weighted by atomic mass is 10.3. The van der Waals surface area contributed by atoms with Crippen LogP contribution >= 0.6 is 0 Å². The monoisotopic (exact) mass is 221 g/mol. The van der Waals surface area contributed by atoms with E-state index in [0.29, 0.717) is 6.54 Å². The molecule has 0 spiro atoms. The Morgan fingerprint density at radius 3 is 3.06 bits per heavy atom. The van der Waals surface area contributed by atoms with Gasteiger partial charge < -0.3 is 5.32 Å². The standard InChI is InChI=1S/C10H12FN5/c11-9-3-1-4-10(7-9)12-5-2-6-16-14-8-13-15-16/h1,3-4,7-8,12H,2,5-6H2. The van der Waals surface area contributed by atoms with Gasteiger partial charge in [0.15, 0.2) is 6.33 Å². The van der Waals surface area contributed by atoms with Gasteiger partial charge in [0.1, 0.15) is 5.82 Å². The summed E-state index contributed by atoms with van der Waals surface area (Å²) in [5.74, 6) is -0.233. The molecule has 0 aliphatic rings. The molecule has 0 aliphatic carbocycles. The summed E-state index contributed by atoms with van der Waals surface area (Å²) in [6, 6.07) is 6.39. The van der Waals surface area contributed by atoms with Gasteiger partial charge in [0.2, 0.25) is 0 Å². The van der Waals surface area contributed by atoms with Gasteiger partial charge in [-0.3, -0.25) is 0 Å². The van der Waals surface area contributed by atoms with Crippen LogP contribution in [0, 0.1) is 5.82 Å². The van der Waals surface area contributed by atoms with Gasteiger partial charge in [-0.1, -0.05) is 6.07 Å². The van der Waals surface area contributed by atoms with Crippen molar-refractivity contribution in [3.63, 3.8) is 0 Å². The number of tetrazole rings is 1. The lowest BCUT2D eigenvalue weighted by Gasteiger charge is -2.05. The molecule has 2 aromatic rings. The number of rotatable bonds is 5. The molecule has 0 amide bonds. The molecule has 1 aromatic heterocycles. The summed E-state index contributed by atoms with van der Waals surface area (Å²) in [5, 5.41) is 14.3. The average molecular weight is 221 g/mol. The minimum Gasteiger partial charge on any atom is -0.385 e. The second-order valence-corrected chi connectivity index (χ2v) is 3.32. The molecule has 0 unspecified atom stereocenters. The minimum absolute atomic E-state index is 0.233. The van der Waals surface area contributed by atoms with E-state index in [4.69, 9.17) is 0 Å². The summed E-state index contributed by atoms with van der Waals surface area (Å²) in [5.41, 5.74) is 0.784. The Balaban J connectivity index is 1.72. The van der Waals surface area contributed by atoms with Crippen LogP contribution in [-0.4, -0.2) is 26.8 Å². The fourth-order valence-electron chi connectivity index (χ4n) is 1.34. The molecule has 1 aromatic carbocycles. The van der Waals surface area contributed by atoms with Gasteiger partial charge in [-0.05, 0) is 29.8 Å². The molecular formula is C10H12FN5. The first kappa shape index (κ1) is 10.5. The minimum atomic E-state index is -0.233. The summed E-state index contributed by atoms with van der Waals surface area (Å²) < 4.78 is 12.8. The van der Waals surface area contributed by atoms with E-state index in [1.54, 1.807) is 6.07 Å². The Labute approximate surface area is 92.3 Å². The maximum Gasteiger partial charge on any atom is 0.162 e. The Hall–Kier alpha value is -1.98. The van der Waals surface area contributed by atoms with Crippen molar-refractivity contribution >= 4 is 5.69 Å². The highest BCUT2D eigenvalue weighted by atomic mass is 19.1. The zero-order valence-corrected chi connectivity index (χ0v) is 8.67. The second kappa shape index (κ2) is 5.20. The fraction of sp³-hybridized carbons (Fsp3) is 0.300. The third-order valence-electron chi connectivity index (χ3n) is 2.08. The number of benzene rings is 1. The molecule has 0 atom stereocenters. The van der Waals surface area contributed by atoms with E-state index in [1.165, 1.54) is 23.3 Å².